The van der Waals surface area contributed by atoms with Crippen LogP contribution in [0.25, 0.3) is 0 Å². The topological polar surface area (TPSA) is 30.5 Å². The fourth-order valence-corrected chi connectivity index (χ4v) is 1.85. The molecular weight excluding hydrogens is 202 g/mol. The summed E-state index contributed by atoms with van der Waals surface area (Å²) in [6.07, 6.45) is 2.33. The van der Waals surface area contributed by atoms with E-state index >= 15 is 0 Å². The molecule has 0 bridgehead atoms. The van der Waals surface area contributed by atoms with Crippen molar-refractivity contribution in [2.45, 2.75) is 19.4 Å². The maximum absolute atomic E-state index is 5.39. The molecule has 0 amide bonds. The standard InChI is InChI=1S/C13H19NO2/c1-2-4-12(5-3-1)11-16-14-8-6-13-7-9-15-10-13/h1-5,13-14H,6-11H2. The highest BCUT2D eigenvalue weighted by molar-refractivity contribution is 5.13. The Bertz CT molecular complexity index is 283. The van der Waals surface area contributed by atoms with E-state index in [-0.39, 0.29) is 0 Å². The van der Waals surface area contributed by atoms with Gasteiger partial charge in [0.15, 0.2) is 0 Å². The van der Waals surface area contributed by atoms with Gasteiger partial charge in [-0.1, -0.05) is 30.3 Å². The predicted octanol–water partition coefficient (Wildman–Crippen LogP) is 2.13. The van der Waals surface area contributed by atoms with Crippen molar-refractivity contribution < 1.29 is 9.57 Å². The summed E-state index contributed by atoms with van der Waals surface area (Å²) < 4.78 is 5.31. The minimum atomic E-state index is 0.627. The third kappa shape index (κ3) is 3.93. The van der Waals surface area contributed by atoms with Gasteiger partial charge in [-0.15, -0.1) is 0 Å². The Morgan fingerprint density at radius 2 is 2.19 bits per heavy atom. The summed E-state index contributed by atoms with van der Waals surface area (Å²) >= 11 is 0. The second-order valence-electron chi connectivity index (χ2n) is 4.19. The molecule has 1 aliphatic heterocycles. The van der Waals surface area contributed by atoms with E-state index in [4.69, 9.17) is 9.57 Å². The number of hydrogen-bond acceptors (Lipinski definition) is 3. The average molecular weight is 221 g/mol. The fourth-order valence-electron chi connectivity index (χ4n) is 1.85. The highest BCUT2D eigenvalue weighted by atomic mass is 16.6. The molecule has 1 atom stereocenters. The summed E-state index contributed by atoms with van der Waals surface area (Å²) in [7, 11) is 0. The van der Waals surface area contributed by atoms with Gasteiger partial charge in [0.1, 0.15) is 0 Å². The summed E-state index contributed by atoms with van der Waals surface area (Å²) in [5.74, 6) is 0.716. The van der Waals surface area contributed by atoms with E-state index in [0.717, 1.165) is 26.2 Å². The summed E-state index contributed by atoms with van der Waals surface area (Å²) in [5.41, 5.74) is 4.20. The van der Waals surface area contributed by atoms with Gasteiger partial charge in [0.25, 0.3) is 0 Å². The van der Waals surface area contributed by atoms with E-state index < -0.39 is 0 Å². The van der Waals surface area contributed by atoms with Crippen molar-refractivity contribution in [1.82, 2.24) is 5.48 Å². The second-order valence-corrected chi connectivity index (χ2v) is 4.19. The van der Waals surface area contributed by atoms with Gasteiger partial charge < -0.3 is 4.74 Å². The average Bonchev–Trinajstić information content (AvgIpc) is 2.83. The van der Waals surface area contributed by atoms with Crippen LogP contribution in [-0.4, -0.2) is 19.8 Å². The first-order valence-electron chi connectivity index (χ1n) is 5.91. The summed E-state index contributed by atoms with van der Waals surface area (Å²) in [6.45, 7) is 3.37. The minimum Gasteiger partial charge on any atom is -0.381 e. The summed E-state index contributed by atoms with van der Waals surface area (Å²) in [4.78, 5) is 5.39. The molecule has 1 aliphatic rings. The molecule has 16 heavy (non-hydrogen) atoms. The zero-order valence-electron chi connectivity index (χ0n) is 9.52. The summed E-state index contributed by atoms with van der Waals surface area (Å²) in [5, 5.41) is 0. The molecule has 88 valence electrons. The van der Waals surface area contributed by atoms with Crippen molar-refractivity contribution >= 4 is 0 Å². The molecule has 2 rings (SSSR count). The quantitative estimate of drug-likeness (QED) is 0.589. The Morgan fingerprint density at radius 1 is 1.31 bits per heavy atom. The van der Waals surface area contributed by atoms with E-state index in [0.29, 0.717) is 12.5 Å². The zero-order chi connectivity index (χ0) is 11.1. The molecule has 3 heteroatoms. The molecule has 1 aromatic carbocycles. The second kappa shape index (κ2) is 6.63. The number of benzene rings is 1. The Labute approximate surface area is 96.7 Å². The maximum atomic E-state index is 5.39. The van der Waals surface area contributed by atoms with Gasteiger partial charge in [-0.2, -0.15) is 0 Å². The van der Waals surface area contributed by atoms with E-state index in [1.165, 1.54) is 12.0 Å². The van der Waals surface area contributed by atoms with Crippen LogP contribution in [0.5, 0.6) is 0 Å². The van der Waals surface area contributed by atoms with Crippen LogP contribution in [0.4, 0.5) is 0 Å². The third-order valence-corrected chi connectivity index (χ3v) is 2.86. The normalized spacial score (nSPS) is 20.1. The van der Waals surface area contributed by atoms with Gasteiger partial charge in [-0.25, -0.2) is 5.48 Å². The number of hydrogen-bond donors (Lipinski definition) is 1. The molecule has 0 radical (unpaired) electrons. The lowest BCUT2D eigenvalue weighted by Gasteiger charge is -2.08. The molecule has 1 saturated heterocycles. The van der Waals surface area contributed by atoms with E-state index in [9.17, 15) is 0 Å². The monoisotopic (exact) mass is 221 g/mol. The van der Waals surface area contributed by atoms with Crippen LogP contribution in [0, 0.1) is 5.92 Å². The third-order valence-electron chi connectivity index (χ3n) is 2.86. The van der Waals surface area contributed by atoms with E-state index in [1.807, 2.05) is 18.2 Å². The van der Waals surface area contributed by atoms with Crippen LogP contribution >= 0.6 is 0 Å². The van der Waals surface area contributed by atoms with Crippen molar-refractivity contribution in [3.05, 3.63) is 35.9 Å². The lowest BCUT2D eigenvalue weighted by molar-refractivity contribution is 0.0249. The van der Waals surface area contributed by atoms with E-state index in [2.05, 4.69) is 17.6 Å². The summed E-state index contributed by atoms with van der Waals surface area (Å²) in [6, 6.07) is 10.2. The number of rotatable bonds is 6. The molecule has 0 spiro atoms. The van der Waals surface area contributed by atoms with Gasteiger partial charge in [0.05, 0.1) is 6.61 Å². The molecule has 0 aromatic heterocycles. The van der Waals surface area contributed by atoms with E-state index in [1.54, 1.807) is 0 Å². The van der Waals surface area contributed by atoms with Crippen LogP contribution in [0.3, 0.4) is 0 Å². The molecule has 1 N–H and O–H groups in total. The Kier molecular flexibility index (Phi) is 4.80. The van der Waals surface area contributed by atoms with Gasteiger partial charge in [-0.3, -0.25) is 4.84 Å². The number of nitrogens with one attached hydrogen (secondary N) is 1. The molecule has 1 heterocycles. The molecule has 3 nitrogen and oxygen atoms in total. The van der Waals surface area contributed by atoms with Crippen LogP contribution in [-0.2, 0) is 16.2 Å². The van der Waals surface area contributed by atoms with Gasteiger partial charge in [0.2, 0.25) is 0 Å². The fraction of sp³-hybridized carbons (Fsp3) is 0.538. The minimum absolute atomic E-state index is 0.627. The van der Waals surface area contributed by atoms with Crippen molar-refractivity contribution in [3.8, 4) is 0 Å². The molecule has 1 aromatic rings. The first-order valence-corrected chi connectivity index (χ1v) is 5.91. The SMILES string of the molecule is c1ccc(CONCCC2CCOC2)cc1. The lowest BCUT2D eigenvalue weighted by Crippen LogP contribution is -2.18. The van der Waals surface area contributed by atoms with Crippen molar-refractivity contribution in [2.24, 2.45) is 5.92 Å². The molecule has 1 unspecified atom stereocenters. The highest BCUT2D eigenvalue weighted by Crippen LogP contribution is 2.15. The number of ether oxygens (including phenoxy) is 1. The van der Waals surface area contributed by atoms with Crippen LogP contribution in [0.1, 0.15) is 18.4 Å². The van der Waals surface area contributed by atoms with Crippen molar-refractivity contribution in [2.75, 3.05) is 19.8 Å². The Morgan fingerprint density at radius 3 is 2.94 bits per heavy atom. The van der Waals surface area contributed by atoms with Gasteiger partial charge in [-0.05, 0) is 24.3 Å². The van der Waals surface area contributed by atoms with Crippen LogP contribution in [0.15, 0.2) is 30.3 Å². The van der Waals surface area contributed by atoms with Gasteiger partial charge in [0, 0.05) is 19.8 Å². The van der Waals surface area contributed by atoms with Crippen molar-refractivity contribution in [3.63, 3.8) is 0 Å². The lowest BCUT2D eigenvalue weighted by atomic mass is 10.1. The van der Waals surface area contributed by atoms with Crippen molar-refractivity contribution in [1.29, 1.82) is 0 Å². The van der Waals surface area contributed by atoms with Crippen LogP contribution in [0.2, 0.25) is 0 Å². The van der Waals surface area contributed by atoms with Gasteiger partial charge >= 0.3 is 0 Å². The zero-order valence-corrected chi connectivity index (χ0v) is 9.52. The smallest absolute Gasteiger partial charge is 0.0933 e. The first-order chi connectivity index (χ1) is 7.95. The number of hydroxylamine groups is 1. The first kappa shape index (κ1) is 11.6. The predicted molar refractivity (Wildman–Crippen MR) is 62.8 cm³/mol. The molecule has 0 aliphatic carbocycles. The molecule has 0 saturated carbocycles. The molecule has 1 fully saturated rings. The van der Waals surface area contributed by atoms with Crippen LogP contribution < -0.4 is 5.48 Å². The largest absolute Gasteiger partial charge is 0.381 e. The maximum Gasteiger partial charge on any atom is 0.0933 e. The Balaban J connectivity index is 1.52. The Hall–Kier alpha value is -0.900. The molecular formula is C13H19NO2. The highest BCUT2D eigenvalue weighted by Gasteiger charge is 2.14.